The van der Waals surface area contributed by atoms with E-state index in [-0.39, 0.29) is 24.0 Å². The Morgan fingerprint density at radius 1 is 1.33 bits per heavy atom. The summed E-state index contributed by atoms with van der Waals surface area (Å²) in [7, 11) is 0. The number of benzene rings is 1. The number of ketones is 1. The second-order valence-corrected chi connectivity index (χ2v) is 3.83. The number of carbonyl (C=O) groups excluding carboxylic acids is 2. The van der Waals surface area contributed by atoms with Crippen LogP contribution in [0.2, 0.25) is 0 Å². The van der Waals surface area contributed by atoms with Gasteiger partial charge in [0.1, 0.15) is 0 Å². The predicted octanol–water partition coefficient (Wildman–Crippen LogP) is 2.36. The van der Waals surface area contributed by atoms with Crippen LogP contribution in [0.3, 0.4) is 0 Å². The Kier molecular flexibility index (Phi) is 4.83. The van der Waals surface area contributed by atoms with E-state index in [0.29, 0.717) is 0 Å². The molecule has 0 radical (unpaired) electrons. The lowest BCUT2D eigenvalue weighted by atomic mass is 10.1. The molecule has 98 valence electrons. The van der Waals surface area contributed by atoms with E-state index in [2.05, 4.69) is 4.74 Å². The van der Waals surface area contributed by atoms with Gasteiger partial charge in [0, 0.05) is 0 Å². The number of carbonyl (C=O) groups is 2. The summed E-state index contributed by atoms with van der Waals surface area (Å²) in [5, 5.41) is 0. The van der Waals surface area contributed by atoms with Crippen LogP contribution in [0.25, 0.3) is 0 Å². The van der Waals surface area contributed by atoms with E-state index in [1.807, 2.05) is 0 Å². The van der Waals surface area contributed by atoms with E-state index in [4.69, 9.17) is 4.74 Å². The molecule has 1 aromatic rings. The number of hydrogen-bond donors (Lipinski definition) is 0. The minimum Gasteiger partial charge on any atom is -0.488 e. The second-order valence-electron chi connectivity index (χ2n) is 3.83. The van der Waals surface area contributed by atoms with Gasteiger partial charge in [-0.05, 0) is 32.9 Å². The van der Waals surface area contributed by atoms with Crippen LogP contribution >= 0.6 is 0 Å². The number of hydrogen-bond acceptors (Lipinski definition) is 4. The van der Waals surface area contributed by atoms with Crippen LogP contribution in [0.4, 0.5) is 4.39 Å². The van der Waals surface area contributed by atoms with Crippen molar-refractivity contribution in [3.63, 3.8) is 0 Å². The highest BCUT2D eigenvalue weighted by Crippen LogP contribution is 2.22. The van der Waals surface area contributed by atoms with E-state index in [0.717, 1.165) is 0 Å². The van der Waals surface area contributed by atoms with Crippen LogP contribution in [0.15, 0.2) is 18.2 Å². The topological polar surface area (TPSA) is 52.6 Å². The van der Waals surface area contributed by atoms with Crippen LogP contribution in [0.5, 0.6) is 5.75 Å². The molecule has 0 saturated heterocycles. The summed E-state index contributed by atoms with van der Waals surface area (Å²) in [6.45, 7) is 5.10. The molecule has 0 spiro atoms. The van der Waals surface area contributed by atoms with Crippen molar-refractivity contribution in [2.24, 2.45) is 0 Å². The van der Waals surface area contributed by atoms with Crippen molar-refractivity contribution >= 4 is 11.8 Å². The molecule has 0 heterocycles. The third kappa shape index (κ3) is 3.29. The first-order valence-electron chi connectivity index (χ1n) is 5.64. The minimum atomic E-state index is -1.07. The first-order valence-corrected chi connectivity index (χ1v) is 5.64. The number of esters is 1. The summed E-state index contributed by atoms with van der Waals surface area (Å²) in [5.74, 6) is -2.98. The van der Waals surface area contributed by atoms with Crippen molar-refractivity contribution in [1.29, 1.82) is 0 Å². The molecule has 0 aromatic heterocycles. The standard InChI is InChI=1S/C13H15FO4/c1-4-17-13(16)12(15)9-6-5-7-10(11(9)14)18-8(2)3/h5-8H,4H2,1-3H3. The Balaban J connectivity index is 3.03. The monoisotopic (exact) mass is 254 g/mol. The van der Waals surface area contributed by atoms with E-state index >= 15 is 0 Å². The maximum absolute atomic E-state index is 13.9. The maximum Gasteiger partial charge on any atom is 0.379 e. The zero-order valence-electron chi connectivity index (χ0n) is 10.5. The van der Waals surface area contributed by atoms with Gasteiger partial charge in [-0.15, -0.1) is 0 Å². The molecule has 5 heteroatoms. The largest absolute Gasteiger partial charge is 0.488 e. The zero-order chi connectivity index (χ0) is 13.7. The average molecular weight is 254 g/mol. The van der Waals surface area contributed by atoms with Crippen LogP contribution in [0, 0.1) is 5.82 Å². The Morgan fingerprint density at radius 3 is 2.56 bits per heavy atom. The van der Waals surface area contributed by atoms with Crippen molar-refractivity contribution in [1.82, 2.24) is 0 Å². The molecule has 0 bridgehead atoms. The lowest BCUT2D eigenvalue weighted by Gasteiger charge is -2.11. The molecule has 0 amide bonds. The fraction of sp³-hybridized carbons (Fsp3) is 0.385. The number of rotatable bonds is 5. The molecule has 4 nitrogen and oxygen atoms in total. The van der Waals surface area contributed by atoms with Gasteiger partial charge >= 0.3 is 5.97 Å². The van der Waals surface area contributed by atoms with Crippen LogP contribution in [-0.2, 0) is 9.53 Å². The first-order chi connectivity index (χ1) is 8.47. The van der Waals surface area contributed by atoms with Crippen LogP contribution in [0.1, 0.15) is 31.1 Å². The average Bonchev–Trinajstić information content (AvgIpc) is 2.31. The van der Waals surface area contributed by atoms with Crippen molar-refractivity contribution in [3.8, 4) is 5.75 Å². The van der Waals surface area contributed by atoms with Crippen molar-refractivity contribution < 1.29 is 23.5 Å². The summed E-state index contributed by atoms with van der Waals surface area (Å²) in [6, 6.07) is 4.08. The van der Waals surface area contributed by atoms with Gasteiger partial charge in [0.2, 0.25) is 0 Å². The lowest BCUT2D eigenvalue weighted by Crippen LogP contribution is -2.19. The number of Topliss-reactive ketones (excluding diaryl/α,β-unsaturated/α-hetero) is 1. The summed E-state index contributed by atoms with van der Waals surface area (Å²) >= 11 is 0. The van der Waals surface area contributed by atoms with Gasteiger partial charge in [0.15, 0.2) is 11.6 Å². The molecule has 1 rings (SSSR count). The zero-order valence-corrected chi connectivity index (χ0v) is 10.5. The molecular weight excluding hydrogens is 239 g/mol. The van der Waals surface area contributed by atoms with Crippen LogP contribution in [-0.4, -0.2) is 24.5 Å². The molecule has 0 aliphatic heterocycles. The van der Waals surface area contributed by atoms with Gasteiger partial charge in [0.05, 0.1) is 18.3 Å². The van der Waals surface area contributed by atoms with Crippen molar-refractivity contribution in [2.45, 2.75) is 26.9 Å². The molecule has 1 aromatic carbocycles. The van der Waals surface area contributed by atoms with E-state index in [1.165, 1.54) is 18.2 Å². The molecule has 0 fully saturated rings. The van der Waals surface area contributed by atoms with E-state index < -0.39 is 17.6 Å². The highest BCUT2D eigenvalue weighted by Gasteiger charge is 2.23. The molecule has 0 N–H and O–H groups in total. The highest BCUT2D eigenvalue weighted by molar-refractivity contribution is 6.40. The second kappa shape index (κ2) is 6.14. The third-order valence-electron chi connectivity index (χ3n) is 2.03. The Morgan fingerprint density at radius 2 is 2.00 bits per heavy atom. The summed E-state index contributed by atoms with van der Waals surface area (Å²) in [5.41, 5.74) is -0.341. The van der Waals surface area contributed by atoms with Gasteiger partial charge in [-0.3, -0.25) is 4.79 Å². The fourth-order valence-electron chi connectivity index (χ4n) is 1.34. The summed E-state index contributed by atoms with van der Waals surface area (Å²) in [4.78, 5) is 22.9. The van der Waals surface area contributed by atoms with Crippen molar-refractivity contribution in [2.75, 3.05) is 6.61 Å². The molecule has 0 unspecified atom stereocenters. The lowest BCUT2D eigenvalue weighted by molar-refractivity contribution is -0.137. The number of ether oxygens (including phenoxy) is 2. The fourth-order valence-corrected chi connectivity index (χ4v) is 1.34. The highest BCUT2D eigenvalue weighted by atomic mass is 19.1. The SMILES string of the molecule is CCOC(=O)C(=O)c1cccc(OC(C)C)c1F. The molecule has 0 atom stereocenters. The quantitative estimate of drug-likeness (QED) is 0.460. The Labute approximate surface area is 105 Å². The Hall–Kier alpha value is -1.91. The molecule has 0 aliphatic rings. The van der Waals surface area contributed by atoms with Crippen molar-refractivity contribution in [3.05, 3.63) is 29.6 Å². The maximum atomic E-state index is 13.9. The third-order valence-corrected chi connectivity index (χ3v) is 2.03. The normalized spacial score (nSPS) is 10.3. The van der Waals surface area contributed by atoms with E-state index in [9.17, 15) is 14.0 Å². The van der Waals surface area contributed by atoms with E-state index in [1.54, 1.807) is 20.8 Å². The van der Waals surface area contributed by atoms with Gasteiger partial charge < -0.3 is 9.47 Å². The Bertz CT molecular complexity index is 454. The number of halogens is 1. The molecule has 18 heavy (non-hydrogen) atoms. The van der Waals surface area contributed by atoms with Gasteiger partial charge in [-0.25, -0.2) is 9.18 Å². The van der Waals surface area contributed by atoms with Gasteiger partial charge in [-0.1, -0.05) is 6.07 Å². The van der Waals surface area contributed by atoms with Gasteiger partial charge in [-0.2, -0.15) is 0 Å². The van der Waals surface area contributed by atoms with Crippen LogP contribution < -0.4 is 4.74 Å². The minimum absolute atomic E-state index is 0.0554. The first kappa shape index (κ1) is 14.2. The summed E-state index contributed by atoms with van der Waals surface area (Å²) in [6.07, 6.45) is -0.229. The molecular formula is C13H15FO4. The molecule has 0 aliphatic carbocycles. The molecule has 0 saturated carbocycles. The smallest absolute Gasteiger partial charge is 0.379 e. The predicted molar refractivity (Wildman–Crippen MR) is 63.1 cm³/mol. The summed E-state index contributed by atoms with van der Waals surface area (Å²) < 4.78 is 23.7. The van der Waals surface area contributed by atoms with Gasteiger partial charge in [0.25, 0.3) is 5.78 Å².